The van der Waals surface area contributed by atoms with Gasteiger partial charge in [0, 0.05) is 12.6 Å². The molecule has 1 amide bonds. The Morgan fingerprint density at radius 1 is 1.24 bits per heavy atom. The van der Waals surface area contributed by atoms with Gasteiger partial charge in [-0.25, -0.2) is 8.42 Å². The first kappa shape index (κ1) is 14.5. The van der Waals surface area contributed by atoms with Crippen LogP contribution in [0.5, 0.6) is 0 Å². The molecule has 0 spiro atoms. The molecule has 1 aliphatic carbocycles. The minimum Gasteiger partial charge on any atom is -0.351 e. The number of benzene rings is 1. The van der Waals surface area contributed by atoms with Crippen LogP contribution in [0.2, 0.25) is 0 Å². The number of amides is 1. The Kier molecular flexibility index (Phi) is 3.75. The zero-order chi connectivity index (χ0) is 15.0. The van der Waals surface area contributed by atoms with Crippen LogP contribution in [0.3, 0.4) is 0 Å². The van der Waals surface area contributed by atoms with Crippen LogP contribution in [-0.2, 0) is 27.7 Å². The Balaban J connectivity index is 1.66. The van der Waals surface area contributed by atoms with Crippen LogP contribution in [0.25, 0.3) is 0 Å². The fourth-order valence-corrected chi connectivity index (χ4v) is 4.48. The minimum absolute atomic E-state index is 0.0805. The van der Waals surface area contributed by atoms with Crippen LogP contribution in [0.4, 0.5) is 0 Å². The summed E-state index contributed by atoms with van der Waals surface area (Å²) in [6, 6.07) is 7.72. The van der Waals surface area contributed by atoms with Crippen molar-refractivity contribution in [1.82, 2.24) is 9.62 Å². The molecule has 0 unspecified atom stereocenters. The lowest BCUT2D eigenvalue weighted by molar-refractivity contribution is -0.124. The number of rotatable bonds is 3. The average Bonchev–Trinajstić information content (AvgIpc) is 3.03. The van der Waals surface area contributed by atoms with Crippen LogP contribution in [0.15, 0.2) is 24.3 Å². The molecule has 1 saturated heterocycles. The molecule has 21 heavy (non-hydrogen) atoms. The molecule has 1 atom stereocenters. The van der Waals surface area contributed by atoms with Crippen molar-refractivity contribution in [3.63, 3.8) is 0 Å². The lowest BCUT2D eigenvalue weighted by Gasteiger charge is -2.23. The number of carbonyl (C=O) groups is 1. The fourth-order valence-electron chi connectivity index (χ4n) is 3.36. The van der Waals surface area contributed by atoms with Gasteiger partial charge in [-0.2, -0.15) is 4.31 Å². The van der Waals surface area contributed by atoms with E-state index in [0.717, 1.165) is 19.3 Å². The van der Waals surface area contributed by atoms with Crippen molar-refractivity contribution < 1.29 is 13.2 Å². The molecule has 3 rings (SSSR count). The highest BCUT2D eigenvalue weighted by Crippen LogP contribution is 2.24. The number of hydrogen-bond donors (Lipinski definition) is 1. The van der Waals surface area contributed by atoms with E-state index in [1.807, 2.05) is 12.1 Å². The van der Waals surface area contributed by atoms with Crippen molar-refractivity contribution in [2.45, 2.75) is 37.8 Å². The zero-order valence-electron chi connectivity index (χ0n) is 12.1. The van der Waals surface area contributed by atoms with Crippen LogP contribution < -0.4 is 5.32 Å². The van der Waals surface area contributed by atoms with Gasteiger partial charge in [0.2, 0.25) is 15.9 Å². The highest BCUT2D eigenvalue weighted by molar-refractivity contribution is 7.88. The topological polar surface area (TPSA) is 66.5 Å². The summed E-state index contributed by atoms with van der Waals surface area (Å²) in [4.78, 5) is 12.4. The van der Waals surface area contributed by atoms with Gasteiger partial charge in [0.05, 0.1) is 6.26 Å². The van der Waals surface area contributed by atoms with E-state index < -0.39 is 16.1 Å². The SMILES string of the molecule is CS(=O)(=O)N1CCC[C@H]1C(=O)NC1Cc2ccccc2C1. The molecule has 2 aliphatic rings. The second-order valence-corrected chi connectivity index (χ2v) is 7.85. The van der Waals surface area contributed by atoms with E-state index in [-0.39, 0.29) is 11.9 Å². The van der Waals surface area contributed by atoms with Gasteiger partial charge >= 0.3 is 0 Å². The molecule has 0 radical (unpaired) electrons. The lowest BCUT2D eigenvalue weighted by atomic mass is 10.1. The van der Waals surface area contributed by atoms with E-state index in [9.17, 15) is 13.2 Å². The van der Waals surface area contributed by atoms with Crippen LogP contribution >= 0.6 is 0 Å². The van der Waals surface area contributed by atoms with Gasteiger partial charge in [-0.15, -0.1) is 0 Å². The first-order chi connectivity index (χ1) is 9.95. The van der Waals surface area contributed by atoms with Crippen molar-refractivity contribution in [3.05, 3.63) is 35.4 Å². The third-order valence-corrected chi connectivity index (χ3v) is 5.62. The van der Waals surface area contributed by atoms with E-state index in [0.29, 0.717) is 13.0 Å². The van der Waals surface area contributed by atoms with E-state index in [4.69, 9.17) is 0 Å². The average molecular weight is 308 g/mol. The van der Waals surface area contributed by atoms with Crippen LogP contribution in [0.1, 0.15) is 24.0 Å². The van der Waals surface area contributed by atoms with Crippen LogP contribution in [-0.4, -0.2) is 43.5 Å². The number of hydrogen-bond acceptors (Lipinski definition) is 3. The van der Waals surface area contributed by atoms with Crippen molar-refractivity contribution in [1.29, 1.82) is 0 Å². The third kappa shape index (κ3) is 2.96. The van der Waals surface area contributed by atoms with Gasteiger partial charge in [0.15, 0.2) is 0 Å². The second-order valence-electron chi connectivity index (χ2n) is 5.91. The van der Waals surface area contributed by atoms with Gasteiger partial charge < -0.3 is 5.32 Å². The summed E-state index contributed by atoms with van der Waals surface area (Å²) < 4.78 is 24.7. The molecule has 0 bridgehead atoms. The second kappa shape index (κ2) is 5.42. The molecule has 1 heterocycles. The van der Waals surface area contributed by atoms with Crippen molar-refractivity contribution in [2.24, 2.45) is 0 Å². The molecule has 0 saturated carbocycles. The van der Waals surface area contributed by atoms with E-state index in [1.165, 1.54) is 21.7 Å². The molecular weight excluding hydrogens is 288 g/mol. The maximum atomic E-state index is 12.4. The minimum atomic E-state index is -3.31. The Hall–Kier alpha value is -1.40. The normalized spacial score (nSPS) is 23.2. The Morgan fingerprint density at radius 3 is 2.43 bits per heavy atom. The van der Waals surface area contributed by atoms with Crippen LogP contribution in [0, 0.1) is 0 Å². The monoisotopic (exact) mass is 308 g/mol. The smallest absolute Gasteiger partial charge is 0.238 e. The van der Waals surface area contributed by atoms with Gasteiger partial charge in [0.1, 0.15) is 6.04 Å². The molecule has 114 valence electrons. The maximum absolute atomic E-state index is 12.4. The third-order valence-electron chi connectivity index (χ3n) is 4.33. The highest BCUT2D eigenvalue weighted by Gasteiger charge is 2.37. The maximum Gasteiger partial charge on any atom is 0.238 e. The lowest BCUT2D eigenvalue weighted by Crippen LogP contribution is -2.48. The summed E-state index contributed by atoms with van der Waals surface area (Å²) in [6.07, 6.45) is 4.18. The number of sulfonamides is 1. The Bertz CT molecular complexity index is 632. The Labute approximate surface area is 125 Å². The summed E-state index contributed by atoms with van der Waals surface area (Å²) in [5.74, 6) is -0.157. The van der Waals surface area contributed by atoms with Crippen molar-refractivity contribution >= 4 is 15.9 Å². The van der Waals surface area contributed by atoms with Gasteiger partial charge in [0.25, 0.3) is 0 Å². The number of nitrogens with zero attached hydrogens (tertiary/aromatic N) is 1. The summed E-state index contributed by atoms with van der Waals surface area (Å²) in [7, 11) is -3.31. The predicted molar refractivity (Wildman–Crippen MR) is 80.4 cm³/mol. The largest absolute Gasteiger partial charge is 0.351 e. The van der Waals surface area contributed by atoms with Crippen molar-refractivity contribution in [3.8, 4) is 0 Å². The summed E-state index contributed by atoms with van der Waals surface area (Å²) in [5.41, 5.74) is 2.54. The quantitative estimate of drug-likeness (QED) is 0.893. The number of nitrogens with one attached hydrogen (secondary N) is 1. The van der Waals surface area contributed by atoms with E-state index in [1.54, 1.807) is 0 Å². The van der Waals surface area contributed by atoms with Gasteiger partial charge in [-0.05, 0) is 36.8 Å². The molecular formula is C15H20N2O3S. The zero-order valence-corrected chi connectivity index (χ0v) is 12.9. The Morgan fingerprint density at radius 2 is 1.86 bits per heavy atom. The molecule has 1 aromatic rings. The first-order valence-corrected chi connectivity index (χ1v) is 9.14. The van der Waals surface area contributed by atoms with Gasteiger partial charge in [-0.3, -0.25) is 4.79 Å². The predicted octanol–water partition coefficient (Wildman–Crippen LogP) is 0.694. The molecule has 1 fully saturated rings. The highest BCUT2D eigenvalue weighted by atomic mass is 32.2. The molecule has 1 N–H and O–H groups in total. The summed E-state index contributed by atoms with van der Waals surface area (Å²) in [5, 5.41) is 3.02. The van der Waals surface area contributed by atoms with Crippen molar-refractivity contribution in [2.75, 3.05) is 12.8 Å². The molecule has 1 aliphatic heterocycles. The number of fused-ring (bicyclic) bond motifs is 1. The first-order valence-electron chi connectivity index (χ1n) is 7.29. The fraction of sp³-hybridized carbons (Fsp3) is 0.533. The molecule has 1 aromatic carbocycles. The molecule has 6 heteroatoms. The van der Waals surface area contributed by atoms with E-state index in [2.05, 4.69) is 17.4 Å². The summed E-state index contributed by atoms with van der Waals surface area (Å²) in [6.45, 7) is 0.446. The standard InChI is InChI=1S/C15H20N2O3S/c1-21(19,20)17-8-4-7-14(17)15(18)16-13-9-11-5-2-3-6-12(11)10-13/h2-3,5-6,13-14H,4,7-10H2,1H3,(H,16,18)/t14-/m0/s1. The molecule has 0 aromatic heterocycles. The van der Waals surface area contributed by atoms with E-state index >= 15 is 0 Å². The molecule has 5 nitrogen and oxygen atoms in total. The summed E-state index contributed by atoms with van der Waals surface area (Å²) >= 11 is 0. The number of carbonyl (C=O) groups excluding carboxylic acids is 1. The van der Waals surface area contributed by atoms with Gasteiger partial charge in [-0.1, -0.05) is 24.3 Å².